The fraction of sp³-hybridized carbons (Fsp3) is 0.706. The fourth-order valence-corrected chi connectivity index (χ4v) is 3.24. The highest BCUT2D eigenvalue weighted by molar-refractivity contribution is 5.87. The summed E-state index contributed by atoms with van der Waals surface area (Å²) in [6, 6.07) is 4.05. The number of carbonyl (C=O) groups excluding carboxylic acids is 1. The topological polar surface area (TPSA) is 31.2 Å². The van der Waals surface area contributed by atoms with Gasteiger partial charge in [0.1, 0.15) is 5.69 Å². The number of esters is 1. The van der Waals surface area contributed by atoms with E-state index in [-0.39, 0.29) is 5.97 Å². The van der Waals surface area contributed by atoms with Gasteiger partial charge in [0.2, 0.25) is 0 Å². The number of methoxy groups -OCH3 is 1. The maximum absolute atomic E-state index is 11.9. The molecule has 1 fully saturated rings. The van der Waals surface area contributed by atoms with Crippen molar-refractivity contribution < 1.29 is 9.53 Å². The van der Waals surface area contributed by atoms with Crippen LogP contribution >= 0.6 is 0 Å². The van der Waals surface area contributed by atoms with Crippen molar-refractivity contribution in [1.29, 1.82) is 0 Å². The minimum atomic E-state index is -0.212. The van der Waals surface area contributed by atoms with Crippen molar-refractivity contribution >= 4 is 5.97 Å². The van der Waals surface area contributed by atoms with Crippen LogP contribution in [0.15, 0.2) is 12.1 Å². The van der Waals surface area contributed by atoms with Gasteiger partial charge in [-0.15, -0.1) is 0 Å². The van der Waals surface area contributed by atoms with E-state index < -0.39 is 0 Å². The van der Waals surface area contributed by atoms with Crippen molar-refractivity contribution in [3.8, 4) is 0 Å². The molecule has 0 bridgehead atoms. The van der Waals surface area contributed by atoms with Gasteiger partial charge in [-0.1, -0.05) is 45.4 Å². The zero-order valence-electron chi connectivity index (χ0n) is 12.9. The van der Waals surface area contributed by atoms with Gasteiger partial charge in [-0.3, -0.25) is 0 Å². The van der Waals surface area contributed by atoms with Gasteiger partial charge in [-0.05, 0) is 30.9 Å². The van der Waals surface area contributed by atoms with Crippen molar-refractivity contribution in [1.82, 2.24) is 4.57 Å². The van der Waals surface area contributed by atoms with E-state index in [4.69, 9.17) is 4.74 Å². The van der Waals surface area contributed by atoms with Gasteiger partial charge >= 0.3 is 5.97 Å². The standard InChI is InChI=1S/C17H27NO2/c1-3-4-12-18-15(10-11-16(18)17(19)20-2)13-14-8-6-5-7-9-14/h10-11,14H,3-9,12-13H2,1-2H3. The maximum Gasteiger partial charge on any atom is 0.354 e. The lowest BCUT2D eigenvalue weighted by molar-refractivity contribution is 0.0587. The molecule has 0 amide bonds. The van der Waals surface area contributed by atoms with E-state index in [0.29, 0.717) is 5.69 Å². The summed E-state index contributed by atoms with van der Waals surface area (Å²) in [5.41, 5.74) is 2.03. The molecule has 20 heavy (non-hydrogen) atoms. The Labute approximate surface area is 122 Å². The van der Waals surface area contributed by atoms with E-state index in [9.17, 15) is 4.79 Å². The van der Waals surface area contributed by atoms with Crippen LogP contribution in [0.5, 0.6) is 0 Å². The van der Waals surface area contributed by atoms with Crippen molar-refractivity contribution in [2.75, 3.05) is 7.11 Å². The number of ether oxygens (including phenoxy) is 1. The SMILES string of the molecule is CCCCn1c(CC2CCCCC2)ccc1C(=O)OC. The Balaban J connectivity index is 2.13. The molecule has 1 heterocycles. The minimum Gasteiger partial charge on any atom is -0.464 e. The van der Waals surface area contributed by atoms with Gasteiger partial charge in [-0.2, -0.15) is 0 Å². The molecule has 1 aliphatic rings. The molecule has 3 heteroatoms. The summed E-state index contributed by atoms with van der Waals surface area (Å²) in [6.45, 7) is 3.11. The highest BCUT2D eigenvalue weighted by Gasteiger charge is 2.19. The summed E-state index contributed by atoms with van der Waals surface area (Å²) in [6.07, 6.45) is 10.2. The molecule has 0 N–H and O–H groups in total. The van der Waals surface area contributed by atoms with Gasteiger partial charge in [0.25, 0.3) is 0 Å². The molecule has 0 unspecified atom stereocenters. The third-order valence-corrected chi connectivity index (χ3v) is 4.42. The summed E-state index contributed by atoms with van der Waals surface area (Å²) in [4.78, 5) is 11.9. The number of hydrogen-bond donors (Lipinski definition) is 0. The van der Waals surface area contributed by atoms with Crippen LogP contribution in [0.4, 0.5) is 0 Å². The number of aromatic nitrogens is 1. The molecule has 2 rings (SSSR count). The molecule has 1 aromatic heterocycles. The average molecular weight is 277 g/mol. The summed E-state index contributed by atoms with van der Waals surface area (Å²) in [5.74, 6) is 0.584. The Hall–Kier alpha value is -1.25. The van der Waals surface area contributed by atoms with E-state index in [0.717, 1.165) is 31.7 Å². The maximum atomic E-state index is 11.9. The second-order valence-corrected chi connectivity index (χ2v) is 5.91. The summed E-state index contributed by atoms with van der Waals surface area (Å²) in [7, 11) is 1.46. The molecule has 112 valence electrons. The lowest BCUT2D eigenvalue weighted by Crippen LogP contribution is -2.16. The quantitative estimate of drug-likeness (QED) is 0.730. The molecular formula is C17H27NO2. The first-order valence-corrected chi connectivity index (χ1v) is 8.03. The first kappa shape index (κ1) is 15.1. The van der Waals surface area contributed by atoms with Crippen LogP contribution in [0.25, 0.3) is 0 Å². The zero-order valence-corrected chi connectivity index (χ0v) is 12.9. The van der Waals surface area contributed by atoms with Crippen molar-refractivity contribution in [3.63, 3.8) is 0 Å². The highest BCUT2D eigenvalue weighted by atomic mass is 16.5. The van der Waals surface area contributed by atoms with Crippen LogP contribution in [0, 0.1) is 5.92 Å². The van der Waals surface area contributed by atoms with E-state index in [1.165, 1.54) is 44.9 Å². The summed E-state index contributed by atoms with van der Waals surface area (Å²) >= 11 is 0. The molecule has 0 aliphatic heterocycles. The van der Waals surface area contributed by atoms with Gasteiger partial charge in [0, 0.05) is 12.2 Å². The Morgan fingerprint density at radius 2 is 2.05 bits per heavy atom. The third kappa shape index (κ3) is 3.65. The van der Waals surface area contributed by atoms with Crippen LogP contribution in [0.3, 0.4) is 0 Å². The molecule has 1 saturated carbocycles. The molecule has 0 atom stereocenters. The number of carbonyl (C=O) groups is 1. The first-order valence-electron chi connectivity index (χ1n) is 8.03. The van der Waals surface area contributed by atoms with Crippen LogP contribution in [-0.4, -0.2) is 17.6 Å². The smallest absolute Gasteiger partial charge is 0.354 e. The van der Waals surface area contributed by atoms with Gasteiger partial charge in [0.05, 0.1) is 7.11 Å². The minimum absolute atomic E-state index is 0.212. The monoisotopic (exact) mass is 277 g/mol. The largest absolute Gasteiger partial charge is 0.464 e. The Bertz CT molecular complexity index is 430. The predicted octanol–water partition coefficient (Wildman–Crippen LogP) is 4.20. The molecule has 3 nitrogen and oxygen atoms in total. The van der Waals surface area contributed by atoms with E-state index in [1.807, 2.05) is 6.07 Å². The van der Waals surface area contributed by atoms with Crippen LogP contribution in [0.1, 0.15) is 68.1 Å². The number of hydrogen-bond acceptors (Lipinski definition) is 2. The van der Waals surface area contributed by atoms with Gasteiger partial charge in [-0.25, -0.2) is 4.79 Å². The Kier molecular flexibility index (Phi) is 5.69. The number of nitrogens with zero attached hydrogens (tertiary/aromatic N) is 1. The van der Waals surface area contributed by atoms with Crippen molar-refractivity contribution in [2.45, 2.75) is 64.8 Å². The van der Waals surface area contributed by atoms with Crippen LogP contribution < -0.4 is 0 Å². The molecule has 1 aliphatic carbocycles. The lowest BCUT2D eigenvalue weighted by atomic mass is 9.86. The first-order chi connectivity index (χ1) is 9.76. The lowest BCUT2D eigenvalue weighted by Gasteiger charge is -2.22. The summed E-state index contributed by atoms with van der Waals surface area (Å²) in [5, 5.41) is 0. The van der Waals surface area contributed by atoms with E-state index in [2.05, 4.69) is 17.6 Å². The van der Waals surface area contributed by atoms with Crippen LogP contribution in [-0.2, 0) is 17.7 Å². The fourth-order valence-electron chi connectivity index (χ4n) is 3.24. The average Bonchev–Trinajstić information content (AvgIpc) is 2.88. The normalized spacial score (nSPS) is 16.3. The Morgan fingerprint density at radius 3 is 2.70 bits per heavy atom. The van der Waals surface area contributed by atoms with Crippen molar-refractivity contribution in [2.24, 2.45) is 5.92 Å². The van der Waals surface area contributed by atoms with Crippen molar-refractivity contribution in [3.05, 3.63) is 23.5 Å². The van der Waals surface area contributed by atoms with Gasteiger partial charge < -0.3 is 9.30 Å². The molecule has 1 aromatic rings. The summed E-state index contributed by atoms with van der Waals surface area (Å²) < 4.78 is 7.08. The molecular weight excluding hydrogens is 250 g/mol. The highest BCUT2D eigenvalue weighted by Crippen LogP contribution is 2.27. The number of rotatable bonds is 6. The third-order valence-electron chi connectivity index (χ3n) is 4.42. The molecule has 0 saturated heterocycles. The van der Waals surface area contributed by atoms with Gasteiger partial charge in [0.15, 0.2) is 0 Å². The Morgan fingerprint density at radius 1 is 1.30 bits per heavy atom. The van der Waals surface area contributed by atoms with Crippen LogP contribution in [0.2, 0.25) is 0 Å². The second-order valence-electron chi connectivity index (χ2n) is 5.91. The molecule has 0 spiro atoms. The van der Waals surface area contributed by atoms with E-state index >= 15 is 0 Å². The second kappa shape index (κ2) is 7.51. The molecule has 0 aromatic carbocycles. The zero-order chi connectivity index (χ0) is 14.4. The van der Waals surface area contributed by atoms with E-state index in [1.54, 1.807) is 0 Å². The predicted molar refractivity (Wildman–Crippen MR) is 81.0 cm³/mol. The molecule has 0 radical (unpaired) electrons. The number of unbranched alkanes of at least 4 members (excludes halogenated alkanes) is 1.